The van der Waals surface area contributed by atoms with Crippen LogP contribution >= 0.6 is 11.6 Å². The van der Waals surface area contributed by atoms with Crippen LogP contribution in [0.25, 0.3) is 0 Å². The van der Waals surface area contributed by atoms with Gasteiger partial charge in [0.1, 0.15) is 11.5 Å². The average Bonchev–Trinajstić information content (AvgIpc) is 1.93. The summed E-state index contributed by atoms with van der Waals surface area (Å²) in [5.74, 6) is -0.937. The molecule has 3 nitrogen and oxygen atoms in total. The summed E-state index contributed by atoms with van der Waals surface area (Å²) in [6.45, 7) is 0. The molecule has 0 spiro atoms. The van der Waals surface area contributed by atoms with Crippen molar-refractivity contribution in [2.45, 2.75) is 11.5 Å². The van der Waals surface area contributed by atoms with Gasteiger partial charge in [0.05, 0.1) is 0 Å². The number of alkyl halides is 1. The molecule has 0 radical (unpaired) electrons. The Balaban J connectivity index is 2.89. The third-order valence-electron chi connectivity index (χ3n) is 1.25. The van der Waals surface area contributed by atoms with Crippen LogP contribution in [0.4, 0.5) is 0 Å². The Bertz CT molecular complexity index is 187. The summed E-state index contributed by atoms with van der Waals surface area (Å²) in [6, 6.07) is 0. The molecule has 54 valence electrons. The fourth-order valence-corrected chi connectivity index (χ4v) is 0.852. The Morgan fingerprint density at radius 2 is 1.80 bits per heavy atom. The van der Waals surface area contributed by atoms with Crippen molar-refractivity contribution >= 4 is 23.2 Å². The van der Waals surface area contributed by atoms with E-state index in [2.05, 4.69) is 0 Å². The summed E-state index contributed by atoms with van der Waals surface area (Å²) in [5, 5.41) is 7.76. The Labute approximate surface area is 62.3 Å². The van der Waals surface area contributed by atoms with E-state index in [-0.39, 0.29) is 0 Å². The predicted octanol–water partition coefficient (Wildman–Crippen LogP) is -0.337. The molecule has 0 aromatic rings. The second kappa shape index (κ2) is 2.52. The second-order valence-corrected chi connectivity index (χ2v) is 2.45. The van der Waals surface area contributed by atoms with Crippen LogP contribution in [0.5, 0.6) is 0 Å². The number of halogens is 1. The number of aliphatic hydroxyl groups excluding tert-OH is 1. The normalized spacial score (nSPS) is 33.0. The minimum Gasteiger partial charge on any atom is -0.383 e. The molecule has 0 aliphatic heterocycles. The molecule has 2 atom stereocenters. The first-order valence-electron chi connectivity index (χ1n) is 2.71. The van der Waals surface area contributed by atoms with Crippen LogP contribution in [0.3, 0.4) is 0 Å². The average molecular weight is 161 g/mol. The van der Waals surface area contributed by atoms with E-state index in [1.807, 2.05) is 0 Å². The largest absolute Gasteiger partial charge is 0.383 e. The van der Waals surface area contributed by atoms with E-state index in [0.717, 1.165) is 12.2 Å². The fourth-order valence-electron chi connectivity index (χ4n) is 0.655. The summed E-state index contributed by atoms with van der Waals surface area (Å²) < 4.78 is 0. The number of rotatable bonds is 0. The smallest absolute Gasteiger partial charge is 0.186 e. The van der Waals surface area contributed by atoms with Gasteiger partial charge in [0, 0.05) is 0 Å². The molecule has 1 aliphatic rings. The highest BCUT2D eigenvalue weighted by molar-refractivity contribution is 6.36. The summed E-state index contributed by atoms with van der Waals surface area (Å²) in [6.07, 6.45) is 0.748. The van der Waals surface area contributed by atoms with Gasteiger partial charge in [0.2, 0.25) is 0 Å². The van der Waals surface area contributed by atoms with E-state index in [9.17, 15) is 9.59 Å². The van der Waals surface area contributed by atoms with Gasteiger partial charge >= 0.3 is 0 Å². The molecule has 0 bridgehead atoms. The van der Waals surface area contributed by atoms with Crippen molar-refractivity contribution in [2.75, 3.05) is 0 Å². The molecular weight excluding hydrogens is 156 g/mol. The molecular formula is C6H5ClO3. The molecule has 10 heavy (non-hydrogen) atoms. The van der Waals surface area contributed by atoms with Gasteiger partial charge in [-0.3, -0.25) is 9.59 Å². The van der Waals surface area contributed by atoms with Crippen molar-refractivity contribution < 1.29 is 14.7 Å². The molecule has 0 amide bonds. The van der Waals surface area contributed by atoms with Crippen molar-refractivity contribution in [3.63, 3.8) is 0 Å². The lowest BCUT2D eigenvalue weighted by Crippen LogP contribution is -2.37. The molecule has 1 aliphatic carbocycles. The van der Waals surface area contributed by atoms with Crippen molar-refractivity contribution in [3.8, 4) is 0 Å². The highest BCUT2D eigenvalue weighted by Crippen LogP contribution is 2.11. The van der Waals surface area contributed by atoms with Crippen LogP contribution in [0.2, 0.25) is 0 Å². The number of hydrogen-bond donors (Lipinski definition) is 1. The maximum Gasteiger partial charge on any atom is 0.186 e. The zero-order valence-electron chi connectivity index (χ0n) is 4.95. The second-order valence-electron chi connectivity index (χ2n) is 1.98. The van der Waals surface area contributed by atoms with Crippen LogP contribution in [0, 0.1) is 0 Å². The molecule has 0 fully saturated rings. The first kappa shape index (κ1) is 7.44. The standard InChI is InChI=1S/C6H5ClO3/c7-5-3(8)1-2-4(9)6(5)10/h1-2,5-6,10H. The van der Waals surface area contributed by atoms with Gasteiger partial charge in [-0.2, -0.15) is 0 Å². The van der Waals surface area contributed by atoms with Gasteiger partial charge in [-0.25, -0.2) is 0 Å². The summed E-state index contributed by atoms with van der Waals surface area (Å²) in [7, 11) is 0. The van der Waals surface area contributed by atoms with Crippen LogP contribution in [0.1, 0.15) is 0 Å². The predicted molar refractivity (Wildman–Crippen MR) is 34.8 cm³/mol. The summed E-state index contributed by atoms with van der Waals surface area (Å²) in [5.41, 5.74) is 0. The molecule has 2 unspecified atom stereocenters. The van der Waals surface area contributed by atoms with E-state index in [1.54, 1.807) is 0 Å². The Morgan fingerprint density at radius 3 is 2.30 bits per heavy atom. The Hall–Kier alpha value is -0.670. The molecule has 1 N–H and O–H groups in total. The van der Waals surface area contributed by atoms with E-state index in [1.165, 1.54) is 0 Å². The lowest BCUT2D eigenvalue weighted by Gasteiger charge is -2.14. The van der Waals surface area contributed by atoms with E-state index >= 15 is 0 Å². The van der Waals surface area contributed by atoms with Crippen molar-refractivity contribution in [2.24, 2.45) is 0 Å². The molecule has 0 saturated heterocycles. The quantitative estimate of drug-likeness (QED) is 0.494. The maximum atomic E-state index is 10.6. The molecule has 0 aromatic heterocycles. The number of carbonyl (C=O) groups excluding carboxylic acids is 2. The van der Waals surface area contributed by atoms with Crippen molar-refractivity contribution in [3.05, 3.63) is 12.2 Å². The molecule has 4 heteroatoms. The minimum atomic E-state index is -1.36. The monoisotopic (exact) mass is 160 g/mol. The number of carbonyl (C=O) groups is 2. The van der Waals surface area contributed by atoms with Crippen molar-refractivity contribution in [1.82, 2.24) is 0 Å². The van der Waals surface area contributed by atoms with Crippen LogP contribution < -0.4 is 0 Å². The third kappa shape index (κ3) is 1.10. The van der Waals surface area contributed by atoms with Crippen LogP contribution in [-0.4, -0.2) is 28.2 Å². The number of aliphatic hydroxyl groups is 1. The lowest BCUT2D eigenvalue weighted by molar-refractivity contribution is -0.128. The van der Waals surface area contributed by atoms with E-state index in [4.69, 9.17) is 16.7 Å². The number of allylic oxidation sites excluding steroid dienone is 1. The minimum absolute atomic E-state index is 0.422. The van der Waals surface area contributed by atoms with Crippen LogP contribution in [-0.2, 0) is 9.59 Å². The SMILES string of the molecule is O=C1C=CC(=O)C(Cl)C1O. The third-order valence-corrected chi connectivity index (χ3v) is 1.71. The first-order valence-corrected chi connectivity index (χ1v) is 3.14. The maximum absolute atomic E-state index is 10.6. The van der Waals surface area contributed by atoms with Gasteiger partial charge in [-0.1, -0.05) is 0 Å². The van der Waals surface area contributed by atoms with Gasteiger partial charge in [-0.05, 0) is 12.2 Å². The summed E-state index contributed by atoms with van der Waals surface area (Å²) >= 11 is 5.34. The van der Waals surface area contributed by atoms with Gasteiger partial charge < -0.3 is 5.11 Å². The zero-order chi connectivity index (χ0) is 7.72. The van der Waals surface area contributed by atoms with E-state index in [0.29, 0.717) is 0 Å². The van der Waals surface area contributed by atoms with Gasteiger partial charge in [0.15, 0.2) is 11.6 Å². The number of ketones is 2. The topological polar surface area (TPSA) is 54.4 Å². The molecule has 0 aromatic carbocycles. The number of hydrogen-bond acceptors (Lipinski definition) is 3. The first-order chi connectivity index (χ1) is 4.63. The molecule has 0 saturated carbocycles. The fraction of sp³-hybridized carbons (Fsp3) is 0.333. The van der Waals surface area contributed by atoms with Crippen LogP contribution in [0.15, 0.2) is 12.2 Å². The summed E-state index contributed by atoms with van der Waals surface area (Å²) in [4.78, 5) is 21.2. The molecule has 1 rings (SSSR count). The zero-order valence-corrected chi connectivity index (χ0v) is 5.71. The Morgan fingerprint density at radius 1 is 1.30 bits per heavy atom. The highest BCUT2D eigenvalue weighted by atomic mass is 35.5. The van der Waals surface area contributed by atoms with Crippen molar-refractivity contribution in [1.29, 1.82) is 0 Å². The Kier molecular flexibility index (Phi) is 1.87. The lowest BCUT2D eigenvalue weighted by atomic mass is 10.0. The van der Waals surface area contributed by atoms with Gasteiger partial charge in [0.25, 0.3) is 0 Å². The molecule has 0 heterocycles. The van der Waals surface area contributed by atoms with Gasteiger partial charge in [-0.15, -0.1) is 11.6 Å². The highest BCUT2D eigenvalue weighted by Gasteiger charge is 2.30. The van der Waals surface area contributed by atoms with E-state index < -0.39 is 23.0 Å².